The zero-order chi connectivity index (χ0) is 26.7. The van der Waals surface area contributed by atoms with Gasteiger partial charge >= 0.3 is 62.6 Å². The van der Waals surface area contributed by atoms with Crippen molar-refractivity contribution < 1.29 is 107 Å². The Morgan fingerprint density at radius 2 is 1.54 bits per heavy atom. The summed E-state index contributed by atoms with van der Waals surface area (Å²) in [5.74, 6) is -4.05. The van der Waals surface area contributed by atoms with E-state index >= 15 is 0 Å². The minimum absolute atomic E-state index is 0. The van der Waals surface area contributed by atoms with Crippen LogP contribution < -0.4 is 72.8 Å². The third-order valence-electron chi connectivity index (χ3n) is 5.26. The molecule has 0 spiro atoms. The Bertz CT molecular complexity index is 1890. The van der Waals surface area contributed by atoms with Gasteiger partial charge in [0, 0.05) is 16.5 Å². The van der Waals surface area contributed by atoms with Crippen molar-refractivity contribution in [3.05, 3.63) is 58.9 Å². The number of fused-ring (bicyclic) bond motifs is 2. The van der Waals surface area contributed by atoms with E-state index in [2.05, 4.69) is 0 Å². The van der Waals surface area contributed by atoms with Crippen LogP contribution in [0.4, 0.5) is 5.69 Å². The molecule has 0 fully saturated rings. The van der Waals surface area contributed by atoms with E-state index in [9.17, 15) is 45.7 Å². The second kappa shape index (κ2) is 11.9. The summed E-state index contributed by atoms with van der Waals surface area (Å²) in [7, 11) is -10.6. The van der Waals surface area contributed by atoms with E-state index in [4.69, 9.17) is 15.6 Å². The summed E-state index contributed by atoms with van der Waals surface area (Å²) in [4.78, 5) is 21.3. The summed E-state index contributed by atoms with van der Waals surface area (Å²) in [6, 6.07) is 6.95. The van der Waals surface area contributed by atoms with Crippen LogP contribution in [-0.2, 0) is 20.2 Å². The second-order valence-corrected chi connectivity index (χ2v) is 10.1. The molecule has 1 aliphatic heterocycles. The van der Waals surface area contributed by atoms with Crippen LogP contribution in [0.1, 0.15) is 20.7 Å². The first-order valence-electron chi connectivity index (χ1n) is 9.52. The van der Waals surface area contributed by atoms with Gasteiger partial charge < -0.3 is 29.7 Å². The molecule has 0 saturated heterocycles. The van der Waals surface area contributed by atoms with Crippen molar-refractivity contribution in [1.82, 2.24) is 0 Å². The maximum absolute atomic E-state index is 12.1. The Morgan fingerprint density at radius 1 is 0.923 bits per heavy atom. The van der Waals surface area contributed by atoms with Gasteiger partial charge in [-0.15, -0.1) is 0 Å². The molecule has 0 radical (unpaired) electrons. The Balaban J connectivity index is 0.00000253. The number of hydrogen-bond acceptors (Lipinski definition) is 11. The molecule has 0 unspecified atom stereocenters. The number of benzene rings is 3. The summed E-state index contributed by atoms with van der Waals surface area (Å²) in [5.41, 5.74) is 2.40. The van der Waals surface area contributed by atoms with E-state index in [0.29, 0.717) is 0 Å². The van der Waals surface area contributed by atoms with Gasteiger partial charge in [-0.2, -0.15) is 8.42 Å². The first-order chi connectivity index (χ1) is 16.6. The number of anilines is 1. The standard InChI is InChI=1S/C21H14N2O11S2.3Li/c22-13-5-3-10-15(12-7-8(20(24)25)1-2-9(12)21(26)27)11-4-6-14(23)19(36(31,32)33)17(11)34-16(10)18(13)35(28,29)30;;;/h1-7,22H,23H2,(H,24,25)(H,26,27)(H,28,29,30)(H,31,32,33);;;/q;3*+1/p-2. The molecule has 1 aliphatic carbocycles. The first-order valence-corrected chi connectivity index (χ1v) is 12.4. The average molecular weight is 553 g/mol. The number of carbonyl (C=O) groups is 2. The molecule has 5 N–H and O–H groups in total. The third-order valence-corrected chi connectivity index (χ3v) is 7.10. The van der Waals surface area contributed by atoms with Crippen molar-refractivity contribution in [2.45, 2.75) is 9.79 Å². The molecule has 0 aromatic heterocycles. The van der Waals surface area contributed by atoms with Gasteiger partial charge in [0.25, 0.3) is 10.1 Å². The fraction of sp³-hybridized carbons (Fsp3) is 0. The molecular formula is C21H12Li3N2O11S2+. The van der Waals surface area contributed by atoms with Crippen LogP contribution in [0.2, 0.25) is 0 Å². The number of nitrogens with one attached hydrogen (secondary N) is 1. The second-order valence-electron chi connectivity index (χ2n) is 7.44. The molecule has 0 saturated carbocycles. The summed E-state index contributed by atoms with van der Waals surface area (Å²) in [5, 5.41) is 28.1. The molecule has 39 heavy (non-hydrogen) atoms. The van der Waals surface area contributed by atoms with E-state index in [1.165, 1.54) is 0 Å². The Morgan fingerprint density at radius 3 is 2.05 bits per heavy atom. The zero-order valence-corrected chi connectivity index (χ0v) is 22.1. The van der Waals surface area contributed by atoms with Crippen LogP contribution in [0, 0.1) is 5.41 Å². The van der Waals surface area contributed by atoms with Crippen LogP contribution in [-0.4, -0.2) is 43.0 Å². The Hall–Kier alpha value is -2.52. The number of hydrogen-bond donors (Lipinski definition) is 4. The molecule has 2 aliphatic rings. The van der Waals surface area contributed by atoms with Crippen LogP contribution in [0.15, 0.2) is 56.7 Å². The molecule has 186 valence electrons. The first kappa shape index (κ1) is 34.5. The maximum atomic E-state index is 12.1. The molecule has 0 bridgehead atoms. The van der Waals surface area contributed by atoms with E-state index in [0.717, 1.165) is 42.5 Å². The molecule has 18 heteroatoms. The molecule has 4 rings (SSSR count). The predicted molar refractivity (Wildman–Crippen MR) is 118 cm³/mol. The SMILES string of the molecule is N=c1ccc2c(-c3cc(C(=O)[O-])ccc3C(=O)O)c3ccc(N)c(S(=O)(=O)[O-])c3oc-2c1S(=O)(=O)O.[Li+].[Li+].[Li+]. The van der Waals surface area contributed by atoms with E-state index in [1.807, 2.05) is 0 Å². The maximum Gasteiger partial charge on any atom is 1.00 e. The number of carboxylic acids is 2. The quantitative estimate of drug-likeness (QED) is 0.0778. The summed E-state index contributed by atoms with van der Waals surface area (Å²) in [6.07, 6.45) is 0. The minimum Gasteiger partial charge on any atom is -0.744 e. The zero-order valence-electron chi connectivity index (χ0n) is 20.5. The molecule has 2 aromatic carbocycles. The summed E-state index contributed by atoms with van der Waals surface area (Å²) < 4.78 is 75.6. The van der Waals surface area contributed by atoms with Crippen LogP contribution in [0.3, 0.4) is 0 Å². The van der Waals surface area contributed by atoms with Crippen molar-refractivity contribution in [3.63, 3.8) is 0 Å². The van der Waals surface area contributed by atoms with Crippen LogP contribution >= 0.6 is 0 Å². The topological polar surface area (TPSA) is 252 Å². The molecular weight excluding hydrogens is 541 g/mol. The number of aromatic carboxylic acids is 2. The van der Waals surface area contributed by atoms with Crippen LogP contribution in [0.5, 0.6) is 0 Å². The Kier molecular flexibility index (Phi) is 10.6. The van der Waals surface area contributed by atoms with Crippen molar-refractivity contribution in [1.29, 1.82) is 5.41 Å². The Labute approximate surface area is 256 Å². The van der Waals surface area contributed by atoms with Gasteiger partial charge in [-0.25, -0.2) is 13.2 Å². The van der Waals surface area contributed by atoms with E-state index in [1.54, 1.807) is 0 Å². The number of nitrogen functional groups attached to an aromatic ring is 1. The fourth-order valence-electron chi connectivity index (χ4n) is 3.85. The predicted octanol–water partition coefficient (Wildman–Crippen LogP) is -8.51. The number of rotatable bonds is 5. The van der Waals surface area contributed by atoms with Gasteiger partial charge in [-0.05, 0) is 47.5 Å². The number of nitrogens with two attached hydrogens (primary N) is 1. The molecule has 2 aromatic rings. The normalized spacial score (nSPS) is 11.2. The van der Waals surface area contributed by atoms with Gasteiger partial charge in [0.15, 0.2) is 16.2 Å². The summed E-state index contributed by atoms with van der Waals surface area (Å²) in [6.45, 7) is 0. The van der Waals surface area contributed by atoms with E-state index in [-0.39, 0.29) is 78.7 Å². The van der Waals surface area contributed by atoms with Crippen LogP contribution in [0.25, 0.3) is 33.4 Å². The number of carboxylic acid groups (broad SMARTS) is 2. The monoisotopic (exact) mass is 553 g/mol. The van der Waals surface area contributed by atoms with Gasteiger partial charge in [-0.3, -0.25) is 9.96 Å². The van der Waals surface area contributed by atoms with Gasteiger partial charge in [0.2, 0.25) is 0 Å². The van der Waals surface area contributed by atoms with Crippen molar-refractivity contribution >= 4 is 48.8 Å². The average Bonchev–Trinajstić information content (AvgIpc) is 2.74. The van der Waals surface area contributed by atoms with Gasteiger partial charge in [-0.1, -0.05) is 6.07 Å². The van der Waals surface area contributed by atoms with Crippen molar-refractivity contribution in [3.8, 4) is 22.5 Å². The molecule has 13 nitrogen and oxygen atoms in total. The van der Waals surface area contributed by atoms with Gasteiger partial charge in [0.05, 0.1) is 22.6 Å². The summed E-state index contributed by atoms with van der Waals surface area (Å²) >= 11 is 0. The molecule has 0 atom stereocenters. The van der Waals surface area contributed by atoms with Crippen molar-refractivity contribution in [2.24, 2.45) is 0 Å². The minimum atomic E-state index is -5.38. The largest absolute Gasteiger partial charge is 1.00 e. The molecule has 0 amide bonds. The number of carbonyl (C=O) groups excluding carboxylic acids is 1. The van der Waals surface area contributed by atoms with Gasteiger partial charge in [0.1, 0.15) is 15.0 Å². The third kappa shape index (κ3) is 6.14. The smallest absolute Gasteiger partial charge is 0.744 e. The van der Waals surface area contributed by atoms with E-state index < -0.39 is 75.5 Å². The van der Waals surface area contributed by atoms with Crippen molar-refractivity contribution in [2.75, 3.05) is 5.73 Å². The molecule has 1 heterocycles. The fourth-order valence-corrected chi connectivity index (χ4v) is 5.32.